The lowest BCUT2D eigenvalue weighted by molar-refractivity contribution is 0.628. The highest BCUT2D eigenvalue weighted by Gasteiger charge is 2.12. The average molecular weight is 334 g/mol. The quantitative estimate of drug-likeness (QED) is 0.762. The molecule has 116 valence electrons. The van der Waals surface area contributed by atoms with Crippen LogP contribution in [0.25, 0.3) is 11.4 Å². The molecule has 5 nitrogen and oxygen atoms in total. The van der Waals surface area contributed by atoms with Crippen LogP contribution >= 0.6 is 11.6 Å². The fraction of sp³-hybridized carbons (Fsp3) is 0. The maximum atomic E-state index is 13.9. The van der Waals surface area contributed by atoms with Gasteiger partial charge in [0.05, 0.1) is 5.56 Å². The lowest BCUT2D eigenvalue weighted by Gasteiger charge is -2.08. The third kappa shape index (κ3) is 3.51. The van der Waals surface area contributed by atoms with Crippen molar-refractivity contribution in [3.05, 3.63) is 59.1 Å². The fourth-order valence-corrected chi connectivity index (χ4v) is 2.07. The number of hydrogen-bond acceptors (Lipinski definition) is 5. The number of halogens is 3. The van der Waals surface area contributed by atoms with Crippen molar-refractivity contribution in [1.82, 2.24) is 15.0 Å². The Balaban J connectivity index is 1.99. The van der Waals surface area contributed by atoms with E-state index in [0.29, 0.717) is 10.7 Å². The van der Waals surface area contributed by atoms with Crippen LogP contribution in [0, 0.1) is 11.6 Å². The van der Waals surface area contributed by atoms with Gasteiger partial charge in [-0.25, -0.2) is 8.78 Å². The molecule has 2 aromatic carbocycles. The van der Waals surface area contributed by atoms with Gasteiger partial charge < -0.3 is 11.1 Å². The van der Waals surface area contributed by atoms with Crippen LogP contribution in [-0.2, 0) is 0 Å². The summed E-state index contributed by atoms with van der Waals surface area (Å²) in [6.45, 7) is 0. The molecule has 0 aliphatic heterocycles. The maximum Gasteiger partial charge on any atom is 0.232 e. The molecule has 0 amide bonds. The van der Waals surface area contributed by atoms with Crippen molar-refractivity contribution in [2.45, 2.75) is 0 Å². The Hall–Kier alpha value is -2.80. The van der Waals surface area contributed by atoms with Gasteiger partial charge in [0, 0.05) is 10.7 Å². The summed E-state index contributed by atoms with van der Waals surface area (Å²) in [5.74, 6) is -0.834. The van der Waals surface area contributed by atoms with Crippen molar-refractivity contribution in [2.24, 2.45) is 0 Å². The Morgan fingerprint density at radius 3 is 2.43 bits per heavy atom. The molecule has 0 saturated carbocycles. The molecule has 23 heavy (non-hydrogen) atoms. The zero-order valence-corrected chi connectivity index (χ0v) is 12.4. The van der Waals surface area contributed by atoms with E-state index in [0.717, 1.165) is 0 Å². The summed E-state index contributed by atoms with van der Waals surface area (Å²) >= 11 is 5.87. The summed E-state index contributed by atoms with van der Waals surface area (Å²) in [6, 6.07) is 9.61. The van der Waals surface area contributed by atoms with Gasteiger partial charge in [0.15, 0.2) is 5.82 Å². The van der Waals surface area contributed by atoms with Crippen molar-refractivity contribution in [2.75, 3.05) is 11.1 Å². The second-order valence-corrected chi connectivity index (χ2v) is 5.03. The molecule has 3 aromatic rings. The fourth-order valence-electron chi connectivity index (χ4n) is 1.90. The highest BCUT2D eigenvalue weighted by atomic mass is 35.5. The summed E-state index contributed by atoms with van der Waals surface area (Å²) in [5, 5.41) is 3.19. The van der Waals surface area contributed by atoms with Crippen LogP contribution in [0.15, 0.2) is 42.5 Å². The van der Waals surface area contributed by atoms with Crippen molar-refractivity contribution < 1.29 is 8.78 Å². The van der Waals surface area contributed by atoms with Crippen LogP contribution in [0.1, 0.15) is 0 Å². The van der Waals surface area contributed by atoms with E-state index >= 15 is 0 Å². The van der Waals surface area contributed by atoms with E-state index < -0.39 is 5.82 Å². The van der Waals surface area contributed by atoms with Crippen LogP contribution in [0.5, 0.6) is 0 Å². The molecule has 0 radical (unpaired) electrons. The van der Waals surface area contributed by atoms with Gasteiger partial charge in [0.2, 0.25) is 11.9 Å². The van der Waals surface area contributed by atoms with Gasteiger partial charge in [-0.15, -0.1) is 0 Å². The maximum absolute atomic E-state index is 13.9. The zero-order chi connectivity index (χ0) is 16.4. The van der Waals surface area contributed by atoms with Crippen molar-refractivity contribution in [3.8, 4) is 11.4 Å². The molecule has 3 N–H and O–H groups in total. The van der Waals surface area contributed by atoms with Crippen LogP contribution in [-0.4, -0.2) is 15.0 Å². The van der Waals surface area contributed by atoms with Gasteiger partial charge in [-0.1, -0.05) is 11.6 Å². The second-order valence-electron chi connectivity index (χ2n) is 4.60. The number of nitrogens with two attached hydrogens (primary N) is 1. The number of benzene rings is 2. The van der Waals surface area contributed by atoms with Gasteiger partial charge in [0.25, 0.3) is 0 Å². The Bertz CT molecular complexity index is 855. The molecule has 8 heteroatoms. The predicted octanol–water partition coefficient (Wildman–Crippen LogP) is 3.80. The highest BCUT2D eigenvalue weighted by Crippen LogP contribution is 2.25. The topological polar surface area (TPSA) is 76.7 Å². The van der Waals surface area contributed by atoms with E-state index in [2.05, 4.69) is 20.3 Å². The Morgan fingerprint density at radius 2 is 1.70 bits per heavy atom. The molecule has 0 atom stereocenters. The summed E-state index contributed by atoms with van der Waals surface area (Å²) in [7, 11) is 0. The Labute approximate surface area is 135 Å². The normalized spacial score (nSPS) is 10.6. The molecule has 0 saturated heterocycles. The summed E-state index contributed by atoms with van der Waals surface area (Å²) in [4.78, 5) is 12.0. The number of anilines is 3. The zero-order valence-electron chi connectivity index (χ0n) is 11.6. The van der Waals surface area contributed by atoms with E-state index in [1.807, 2.05) is 0 Å². The first-order valence-corrected chi connectivity index (χ1v) is 6.88. The van der Waals surface area contributed by atoms with Gasteiger partial charge >= 0.3 is 0 Å². The molecule has 3 rings (SSSR count). The van der Waals surface area contributed by atoms with Crippen molar-refractivity contribution in [3.63, 3.8) is 0 Å². The van der Waals surface area contributed by atoms with Crippen LogP contribution in [0.2, 0.25) is 5.02 Å². The van der Waals surface area contributed by atoms with Crippen LogP contribution in [0.4, 0.5) is 26.4 Å². The Kier molecular flexibility index (Phi) is 4.03. The molecule has 0 aliphatic rings. The number of nitrogen functional groups attached to an aromatic ring is 1. The van der Waals surface area contributed by atoms with Gasteiger partial charge in [0.1, 0.15) is 11.6 Å². The number of nitrogens with zero attached hydrogens (tertiary/aromatic N) is 3. The van der Waals surface area contributed by atoms with Gasteiger partial charge in [-0.05, 0) is 42.5 Å². The van der Waals surface area contributed by atoms with E-state index in [1.165, 1.54) is 42.5 Å². The lowest BCUT2D eigenvalue weighted by Crippen LogP contribution is -2.05. The van der Waals surface area contributed by atoms with Crippen molar-refractivity contribution >= 4 is 29.2 Å². The minimum absolute atomic E-state index is 0.0436. The first-order valence-electron chi connectivity index (χ1n) is 6.51. The molecule has 0 spiro atoms. The molecular formula is C15H10ClF2N5. The third-order valence-electron chi connectivity index (χ3n) is 2.92. The second kappa shape index (κ2) is 6.13. The number of aromatic nitrogens is 3. The van der Waals surface area contributed by atoms with Gasteiger partial charge in [-0.3, -0.25) is 0 Å². The van der Waals surface area contributed by atoms with Crippen molar-refractivity contribution in [1.29, 1.82) is 0 Å². The monoisotopic (exact) mass is 333 g/mol. The Morgan fingerprint density at radius 1 is 0.957 bits per heavy atom. The first kappa shape index (κ1) is 15.1. The molecular weight excluding hydrogens is 324 g/mol. The van der Waals surface area contributed by atoms with Gasteiger partial charge in [-0.2, -0.15) is 15.0 Å². The van der Waals surface area contributed by atoms with Crippen LogP contribution < -0.4 is 11.1 Å². The summed E-state index contributed by atoms with van der Waals surface area (Å²) in [5.41, 5.74) is 6.30. The molecule has 0 bridgehead atoms. The summed E-state index contributed by atoms with van der Waals surface area (Å²) in [6.07, 6.45) is 0. The number of nitrogens with one attached hydrogen (secondary N) is 1. The average Bonchev–Trinajstić information content (AvgIpc) is 2.51. The molecule has 0 unspecified atom stereocenters. The van der Waals surface area contributed by atoms with Crippen LogP contribution in [0.3, 0.4) is 0 Å². The van der Waals surface area contributed by atoms with E-state index in [-0.39, 0.29) is 29.1 Å². The largest absolute Gasteiger partial charge is 0.368 e. The summed E-state index contributed by atoms with van der Waals surface area (Å²) < 4.78 is 26.8. The number of rotatable bonds is 3. The SMILES string of the molecule is Nc1nc(Nc2ccc(F)cc2)nc(-c2cc(Cl)ccc2F)n1. The molecule has 1 aromatic heterocycles. The standard InChI is InChI=1S/C15H10ClF2N5/c16-8-1-6-12(18)11(7-8)13-21-14(19)23-15(22-13)20-10-4-2-9(17)3-5-10/h1-7H,(H3,19,20,21,22,23). The number of hydrogen-bond donors (Lipinski definition) is 2. The minimum atomic E-state index is -0.535. The molecule has 0 fully saturated rings. The molecule has 1 heterocycles. The van der Waals surface area contributed by atoms with E-state index in [9.17, 15) is 8.78 Å². The highest BCUT2D eigenvalue weighted by molar-refractivity contribution is 6.30. The predicted molar refractivity (Wildman–Crippen MR) is 84.3 cm³/mol. The smallest absolute Gasteiger partial charge is 0.232 e. The molecule has 0 aliphatic carbocycles. The van der Waals surface area contributed by atoms with E-state index in [4.69, 9.17) is 17.3 Å². The minimum Gasteiger partial charge on any atom is -0.368 e. The lowest BCUT2D eigenvalue weighted by atomic mass is 10.2. The first-order chi connectivity index (χ1) is 11.0. The van der Waals surface area contributed by atoms with E-state index in [1.54, 1.807) is 0 Å². The third-order valence-corrected chi connectivity index (χ3v) is 3.16.